The van der Waals surface area contributed by atoms with Gasteiger partial charge in [0.1, 0.15) is 4.60 Å². The molecule has 94 valence electrons. The Kier molecular flexibility index (Phi) is 4.92. The molecule has 1 heterocycles. The first-order chi connectivity index (χ1) is 7.95. The molecule has 0 aliphatic heterocycles. The zero-order valence-corrected chi connectivity index (χ0v) is 10.4. The van der Waals surface area contributed by atoms with Gasteiger partial charge < -0.3 is 4.74 Å². The molecule has 3 nitrogen and oxygen atoms in total. The van der Waals surface area contributed by atoms with E-state index in [9.17, 15) is 18.0 Å². The second-order valence-electron chi connectivity index (χ2n) is 3.09. The predicted molar refractivity (Wildman–Crippen MR) is 57.2 cm³/mol. The minimum Gasteiger partial charge on any atom is -0.466 e. The molecule has 0 aliphatic rings. The van der Waals surface area contributed by atoms with Crippen LogP contribution in [-0.2, 0) is 16.0 Å². The monoisotopic (exact) mass is 311 g/mol. The van der Waals surface area contributed by atoms with Gasteiger partial charge in [0.05, 0.1) is 24.3 Å². The van der Waals surface area contributed by atoms with E-state index in [4.69, 9.17) is 0 Å². The van der Waals surface area contributed by atoms with Crippen LogP contribution < -0.4 is 0 Å². The number of nitrogens with zero attached hydrogens (tertiary/aromatic N) is 1. The van der Waals surface area contributed by atoms with Gasteiger partial charge in [0.25, 0.3) is 6.43 Å². The molecule has 0 bridgehead atoms. The first kappa shape index (κ1) is 14.0. The second kappa shape index (κ2) is 6.00. The fraction of sp³-hybridized carbons (Fsp3) is 0.400. The van der Waals surface area contributed by atoms with Gasteiger partial charge in [-0.2, -0.15) is 0 Å². The summed E-state index contributed by atoms with van der Waals surface area (Å²) in [4.78, 5) is 14.8. The average molecular weight is 312 g/mol. The van der Waals surface area contributed by atoms with Crippen LogP contribution in [0.25, 0.3) is 0 Å². The van der Waals surface area contributed by atoms with Crippen LogP contribution in [0.2, 0.25) is 0 Å². The van der Waals surface area contributed by atoms with E-state index in [1.54, 1.807) is 6.92 Å². The van der Waals surface area contributed by atoms with E-state index in [0.717, 1.165) is 6.07 Å². The first-order valence-electron chi connectivity index (χ1n) is 4.74. The molecule has 0 saturated heterocycles. The molecule has 7 heteroatoms. The molecule has 1 aromatic heterocycles. The van der Waals surface area contributed by atoms with Crippen LogP contribution in [0.1, 0.15) is 24.6 Å². The Morgan fingerprint density at radius 1 is 1.59 bits per heavy atom. The summed E-state index contributed by atoms with van der Waals surface area (Å²) in [6, 6.07) is 0.863. The molecule has 0 N–H and O–H groups in total. The Morgan fingerprint density at radius 3 is 2.76 bits per heavy atom. The Bertz CT molecular complexity index is 426. The van der Waals surface area contributed by atoms with Crippen molar-refractivity contribution in [1.29, 1.82) is 0 Å². The topological polar surface area (TPSA) is 39.2 Å². The van der Waals surface area contributed by atoms with E-state index in [0.29, 0.717) is 0 Å². The quantitative estimate of drug-likeness (QED) is 0.634. The van der Waals surface area contributed by atoms with Crippen LogP contribution in [0.4, 0.5) is 13.2 Å². The maximum atomic E-state index is 13.2. The number of halogens is 4. The van der Waals surface area contributed by atoms with Gasteiger partial charge in [0, 0.05) is 0 Å². The molecule has 0 aromatic carbocycles. The molecule has 0 fully saturated rings. The van der Waals surface area contributed by atoms with Crippen LogP contribution in [0.15, 0.2) is 10.7 Å². The number of alkyl halides is 2. The van der Waals surface area contributed by atoms with Crippen molar-refractivity contribution in [1.82, 2.24) is 4.98 Å². The fourth-order valence-corrected chi connectivity index (χ4v) is 1.64. The smallest absolute Gasteiger partial charge is 0.311 e. The third-order valence-corrected chi connectivity index (χ3v) is 2.39. The van der Waals surface area contributed by atoms with Crippen LogP contribution in [-0.4, -0.2) is 17.6 Å². The Labute approximate surface area is 104 Å². The Balaban J connectivity index is 2.98. The number of pyridine rings is 1. The van der Waals surface area contributed by atoms with Gasteiger partial charge in [-0.3, -0.25) is 4.79 Å². The van der Waals surface area contributed by atoms with Crippen molar-refractivity contribution in [2.75, 3.05) is 6.61 Å². The maximum absolute atomic E-state index is 13.2. The number of ether oxygens (including phenoxy) is 1. The summed E-state index contributed by atoms with van der Waals surface area (Å²) in [6.07, 6.45) is -3.23. The van der Waals surface area contributed by atoms with Crippen molar-refractivity contribution in [3.05, 3.63) is 27.7 Å². The van der Waals surface area contributed by atoms with E-state index < -0.39 is 23.8 Å². The zero-order chi connectivity index (χ0) is 13.0. The molecule has 0 amide bonds. The highest BCUT2D eigenvalue weighted by Gasteiger charge is 2.19. The van der Waals surface area contributed by atoms with Gasteiger partial charge in [0.15, 0.2) is 5.82 Å². The molecule has 17 heavy (non-hydrogen) atoms. The average Bonchev–Trinajstić information content (AvgIpc) is 2.23. The lowest BCUT2D eigenvalue weighted by Crippen LogP contribution is -2.10. The highest BCUT2D eigenvalue weighted by atomic mass is 79.9. The zero-order valence-electron chi connectivity index (χ0n) is 8.84. The van der Waals surface area contributed by atoms with Gasteiger partial charge in [-0.1, -0.05) is 0 Å². The first-order valence-corrected chi connectivity index (χ1v) is 5.53. The predicted octanol–water partition coefficient (Wildman–Crippen LogP) is 3.03. The van der Waals surface area contributed by atoms with Gasteiger partial charge in [-0.25, -0.2) is 18.2 Å². The van der Waals surface area contributed by atoms with Crippen molar-refractivity contribution in [3.63, 3.8) is 0 Å². The Hall–Kier alpha value is -1.11. The molecule has 0 atom stereocenters. The molecule has 0 saturated carbocycles. The van der Waals surface area contributed by atoms with Crippen molar-refractivity contribution in [2.45, 2.75) is 19.8 Å². The highest BCUT2D eigenvalue weighted by Crippen LogP contribution is 2.26. The molecule has 1 rings (SSSR count). The number of carbonyl (C=O) groups excluding carboxylic acids is 1. The van der Waals surface area contributed by atoms with Crippen molar-refractivity contribution >= 4 is 21.9 Å². The van der Waals surface area contributed by atoms with E-state index >= 15 is 0 Å². The minimum atomic E-state index is -2.96. The summed E-state index contributed by atoms with van der Waals surface area (Å²) < 4.78 is 42.5. The van der Waals surface area contributed by atoms with Crippen molar-refractivity contribution < 1.29 is 22.7 Å². The van der Waals surface area contributed by atoms with Crippen LogP contribution in [0.3, 0.4) is 0 Å². The minimum absolute atomic E-state index is 0.0343. The fourth-order valence-electron chi connectivity index (χ4n) is 1.18. The normalized spacial score (nSPS) is 10.7. The summed E-state index contributed by atoms with van der Waals surface area (Å²) in [5, 5.41) is 0. The van der Waals surface area contributed by atoms with Crippen molar-refractivity contribution in [2.24, 2.45) is 0 Å². The van der Waals surface area contributed by atoms with E-state index in [1.807, 2.05) is 0 Å². The Morgan fingerprint density at radius 2 is 2.24 bits per heavy atom. The van der Waals surface area contributed by atoms with Crippen molar-refractivity contribution in [3.8, 4) is 0 Å². The largest absolute Gasteiger partial charge is 0.466 e. The number of esters is 1. The molecule has 0 spiro atoms. The molecular weight excluding hydrogens is 303 g/mol. The van der Waals surface area contributed by atoms with E-state index in [2.05, 4.69) is 25.7 Å². The maximum Gasteiger partial charge on any atom is 0.311 e. The number of hydrogen-bond acceptors (Lipinski definition) is 3. The third-order valence-electron chi connectivity index (χ3n) is 1.86. The third kappa shape index (κ3) is 3.69. The molecular formula is C10H9BrF3NO2. The van der Waals surface area contributed by atoms with Gasteiger partial charge in [0.2, 0.25) is 0 Å². The molecule has 0 radical (unpaired) electrons. The number of hydrogen-bond donors (Lipinski definition) is 0. The lowest BCUT2D eigenvalue weighted by molar-refractivity contribution is -0.142. The van der Waals surface area contributed by atoms with Crippen LogP contribution in [0, 0.1) is 5.82 Å². The molecule has 0 aliphatic carbocycles. The summed E-state index contributed by atoms with van der Waals surface area (Å²) in [5.41, 5.74) is -0.752. The summed E-state index contributed by atoms with van der Waals surface area (Å²) in [6.45, 7) is 1.80. The summed E-state index contributed by atoms with van der Waals surface area (Å²) in [5.74, 6) is -1.72. The van der Waals surface area contributed by atoms with Crippen LogP contribution in [0.5, 0.6) is 0 Å². The lowest BCUT2D eigenvalue weighted by atomic mass is 10.2. The highest BCUT2D eigenvalue weighted by molar-refractivity contribution is 9.10. The number of carbonyl (C=O) groups is 1. The van der Waals surface area contributed by atoms with Gasteiger partial charge in [-0.05, 0) is 28.9 Å². The number of aromatic nitrogens is 1. The van der Waals surface area contributed by atoms with E-state index in [1.165, 1.54) is 0 Å². The van der Waals surface area contributed by atoms with Gasteiger partial charge >= 0.3 is 5.97 Å². The SMILES string of the molecule is CCOC(=O)Cc1cc(C(F)F)c(F)c(Br)n1. The second-order valence-corrected chi connectivity index (χ2v) is 3.84. The summed E-state index contributed by atoms with van der Waals surface area (Å²) in [7, 11) is 0. The summed E-state index contributed by atoms with van der Waals surface area (Å²) >= 11 is 2.72. The number of rotatable bonds is 4. The van der Waals surface area contributed by atoms with E-state index in [-0.39, 0.29) is 23.3 Å². The van der Waals surface area contributed by atoms with Crippen LogP contribution >= 0.6 is 15.9 Å². The molecule has 1 aromatic rings. The molecule has 0 unspecified atom stereocenters. The standard InChI is InChI=1S/C10H9BrF3NO2/c1-2-17-7(16)4-5-3-6(10(13)14)8(12)9(11)15-5/h3,10H,2,4H2,1H3. The van der Waals surface area contributed by atoms with Gasteiger partial charge in [-0.15, -0.1) is 0 Å². The lowest BCUT2D eigenvalue weighted by Gasteiger charge is -2.07.